The lowest BCUT2D eigenvalue weighted by atomic mass is 10.1. The molecule has 2 aromatic rings. The molecule has 0 spiro atoms. The van der Waals surface area contributed by atoms with Crippen molar-refractivity contribution in [3.8, 4) is 11.5 Å². The van der Waals surface area contributed by atoms with Crippen LogP contribution in [0.1, 0.15) is 103 Å². The lowest BCUT2D eigenvalue weighted by Crippen LogP contribution is -2.29. The molecule has 10 heteroatoms. The predicted molar refractivity (Wildman–Crippen MR) is 171 cm³/mol. The largest absolute Gasteiger partial charge is 0.456 e. The maximum atomic E-state index is 12.7. The van der Waals surface area contributed by atoms with Crippen LogP contribution < -0.4 is 20.2 Å². The minimum atomic E-state index is -4.17. The number of rotatable bonds is 19. The Morgan fingerprint density at radius 1 is 0.930 bits per heavy atom. The van der Waals surface area contributed by atoms with Gasteiger partial charge >= 0.3 is 0 Å². The van der Waals surface area contributed by atoms with E-state index in [1.54, 1.807) is 24.3 Å². The smallest absolute Gasteiger partial charge is 0.255 e. The molecule has 0 unspecified atom stereocenters. The number of benzene rings is 2. The number of nitrogens with two attached hydrogens (primary N) is 1. The number of carbonyl (C=O) groups is 2. The molecule has 3 rings (SSSR count). The normalized spacial score (nSPS) is 13.5. The van der Waals surface area contributed by atoms with Crippen LogP contribution in [-0.2, 0) is 19.6 Å². The Kier molecular flexibility index (Phi) is 14.4. The van der Waals surface area contributed by atoms with E-state index < -0.39 is 15.9 Å². The van der Waals surface area contributed by atoms with E-state index in [0.29, 0.717) is 12.2 Å². The molecular formula is C33H46N4O5S. The first-order valence-electron chi connectivity index (χ1n) is 15.5. The SMILES string of the molecule is CCCCCCCCCCC/C=C\CCCCC(=O)NC1=NN(c2ccc(Oc3ccccc3)c(S(N)(=O)=O)c2)C(=O)C1. The molecule has 0 fully saturated rings. The van der Waals surface area contributed by atoms with Gasteiger partial charge in [-0.15, -0.1) is 0 Å². The predicted octanol–water partition coefficient (Wildman–Crippen LogP) is 7.33. The van der Waals surface area contributed by atoms with Crippen molar-refractivity contribution in [1.29, 1.82) is 0 Å². The minimum absolute atomic E-state index is 0.0277. The van der Waals surface area contributed by atoms with Gasteiger partial charge in [-0.05, 0) is 62.4 Å². The van der Waals surface area contributed by atoms with E-state index in [1.807, 2.05) is 6.07 Å². The number of nitrogens with zero attached hydrogens (tertiary/aromatic N) is 2. The molecule has 0 aromatic heterocycles. The molecule has 43 heavy (non-hydrogen) atoms. The zero-order valence-corrected chi connectivity index (χ0v) is 26.1. The van der Waals surface area contributed by atoms with E-state index in [0.717, 1.165) is 30.7 Å². The third-order valence-electron chi connectivity index (χ3n) is 7.17. The van der Waals surface area contributed by atoms with E-state index >= 15 is 0 Å². The molecule has 1 aliphatic heterocycles. The van der Waals surface area contributed by atoms with Crippen LogP contribution in [-0.4, -0.2) is 26.1 Å². The highest BCUT2D eigenvalue weighted by Gasteiger charge is 2.28. The highest BCUT2D eigenvalue weighted by molar-refractivity contribution is 7.89. The van der Waals surface area contributed by atoms with Gasteiger partial charge in [0, 0.05) is 6.42 Å². The van der Waals surface area contributed by atoms with E-state index in [4.69, 9.17) is 9.88 Å². The van der Waals surface area contributed by atoms with Gasteiger partial charge in [-0.3, -0.25) is 9.59 Å². The summed E-state index contributed by atoms with van der Waals surface area (Å²) in [5.74, 6) is 0.0801. The first kappa shape index (κ1) is 34.0. The molecule has 1 aliphatic rings. The second-order valence-electron chi connectivity index (χ2n) is 10.9. The third kappa shape index (κ3) is 12.3. The van der Waals surface area contributed by atoms with Gasteiger partial charge in [0.1, 0.15) is 22.2 Å². The van der Waals surface area contributed by atoms with E-state index in [2.05, 4.69) is 29.5 Å². The van der Waals surface area contributed by atoms with Gasteiger partial charge in [0.05, 0.1) is 12.1 Å². The van der Waals surface area contributed by atoms with Crippen molar-refractivity contribution in [2.24, 2.45) is 10.2 Å². The summed E-state index contributed by atoms with van der Waals surface area (Å²) >= 11 is 0. The number of primary sulfonamides is 1. The van der Waals surface area contributed by atoms with Crippen LogP contribution in [0.4, 0.5) is 5.69 Å². The lowest BCUT2D eigenvalue weighted by molar-refractivity contribution is -0.119. The zero-order chi connectivity index (χ0) is 30.9. The van der Waals surface area contributed by atoms with Crippen molar-refractivity contribution in [3.05, 3.63) is 60.7 Å². The number of hydrogen-bond acceptors (Lipinski definition) is 6. The summed E-state index contributed by atoms with van der Waals surface area (Å²) in [7, 11) is -4.17. The van der Waals surface area contributed by atoms with E-state index in [9.17, 15) is 18.0 Å². The van der Waals surface area contributed by atoms with Crippen molar-refractivity contribution in [3.63, 3.8) is 0 Å². The van der Waals surface area contributed by atoms with Gasteiger partial charge in [0.15, 0.2) is 0 Å². The van der Waals surface area contributed by atoms with Crippen molar-refractivity contribution in [1.82, 2.24) is 5.32 Å². The number of hydrogen-bond donors (Lipinski definition) is 2. The summed E-state index contributed by atoms with van der Waals surface area (Å²) in [4.78, 5) is 24.8. The quantitative estimate of drug-likeness (QED) is 0.127. The fourth-order valence-electron chi connectivity index (χ4n) is 4.83. The summed E-state index contributed by atoms with van der Waals surface area (Å²) < 4.78 is 30.3. The fourth-order valence-corrected chi connectivity index (χ4v) is 5.51. The molecule has 9 nitrogen and oxygen atoms in total. The van der Waals surface area contributed by atoms with Gasteiger partial charge in [0.25, 0.3) is 5.91 Å². The van der Waals surface area contributed by atoms with Crippen LogP contribution in [0.15, 0.2) is 70.7 Å². The molecule has 2 amide bonds. The Morgan fingerprint density at radius 3 is 2.21 bits per heavy atom. The Balaban J connectivity index is 1.38. The van der Waals surface area contributed by atoms with Crippen molar-refractivity contribution >= 4 is 33.4 Å². The second-order valence-corrected chi connectivity index (χ2v) is 12.4. The summed E-state index contributed by atoms with van der Waals surface area (Å²) in [5.41, 5.74) is 0.202. The van der Waals surface area contributed by atoms with Crippen LogP contribution in [0.2, 0.25) is 0 Å². The topological polar surface area (TPSA) is 131 Å². The van der Waals surface area contributed by atoms with E-state index in [1.165, 1.54) is 76.0 Å². The van der Waals surface area contributed by atoms with Crippen molar-refractivity contribution < 1.29 is 22.7 Å². The number of allylic oxidation sites excluding steroid dienone is 2. The number of hydrazone groups is 1. The Morgan fingerprint density at radius 2 is 1.56 bits per heavy atom. The number of nitrogens with one attached hydrogen (secondary N) is 1. The molecule has 0 aliphatic carbocycles. The maximum Gasteiger partial charge on any atom is 0.255 e. The average molecular weight is 611 g/mol. The first-order chi connectivity index (χ1) is 20.8. The summed E-state index contributed by atoms with van der Waals surface area (Å²) in [6.45, 7) is 2.25. The minimum Gasteiger partial charge on any atom is -0.456 e. The average Bonchev–Trinajstić information content (AvgIpc) is 3.34. The number of amidine groups is 1. The second kappa shape index (κ2) is 18.2. The Bertz CT molecular complexity index is 1340. The van der Waals surface area contributed by atoms with Crippen molar-refractivity contribution in [2.75, 3.05) is 5.01 Å². The lowest BCUT2D eigenvalue weighted by Gasteiger charge is -2.15. The number of anilines is 1. The third-order valence-corrected chi connectivity index (χ3v) is 8.11. The number of unbranched alkanes of at least 4 members (excludes halogenated alkanes) is 11. The first-order valence-corrected chi connectivity index (χ1v) is 17.1. The maximum absolute atomic E-state index is 12.7. The van der Waals surface area contributed by atoms with Crippen LogP contribution in [0.3, 0.4) is 0 Å². The number of ether oxygens (including phenoxy) is 1. The highest BCUT2D eigenvalue weighted by atomic mass is 32.2. The van der Waals surface area contributed by atoms with Crippen LogP contribution in [0.25, 0.3) is 0 Å². The summed E-state index contributed by atoms with van der Waals surface area (Å²) in [5, 5.41) is 13.4. The molecule has 0 radical (unpaired) electrons. The molecule has 3 N–H and O–H groups in total. The number of para-hydroxylation sites is 1. The monoisotopic (exact) mass is 610 g/mol. The summed E-state index contributed by atoms with van der Waals surface area (Å²) in [6, 6.07) is 12.9. The molecule has 0 saturated heterocycles. The van der Waals surface area contributed by atoms with Crippen LogP contribution in [0, 0.1) is 0 Å². The molecular weight excluding hydrogens is 564 g/mol. The van der Waals surface area contributed by atoms with Gasteiger partial charge in [-0.2, -0.15) is 10.1 Å². The molecule has 0 bridgehead atoms. The van der Waals surface area contributed by atoms with Crippen LogP contribution in [0.5, 0.6) is 11.5 Å². The fraction of sp³-hybridized carbons (Fsp3) is 0.485. The number of sulfonamides is 1. The number of carbonyl (C=O) groups excluding carboxylic acids is 2. The molecule has 0 atom stereocenters. The van der Waals surface area contributed by atoms with Gasteiger partial charge in [0.2, 0.25) is 15.9 Å². The number of amides is 2. The Labute approximate surface area is 256 Å². The van der Waals surface area contributed by atoms with E-state index in [-0.39, 0.29) is 34.5 Å². The van der Waals surface area contributed by atoms with Crippen LogP contribution >= 0.6 is 0 Å². The molecule has 2 aromatic carbocycles. The highest BCUT2D eigenvalue weighted by Crippen LogP contribution is 2.33. The summed E-state index contributed by atoms with van der Waals surface area (Å²) in [6.07, 6.45) is 20.4. The zero-order valence-electron chi connectivity index (χ0n) is 25.3. The van der Waals surface area contributed by atoms with Crippen molar-refractivity contribution in [2.45, 2.75) is 108 Å². The van der Waals surface area contributed by atoms with Gasteiger partial charge < -0.3 is 10.1 Å². The molecule has 0 saturated carbocycles. The standard InChI is InChI=1S/C33H46N4O5S/c1-2-3-4-5-6-7-8-9-10-11-12-13-14-15-19-22-32(38)35-31-26-33(39)37(36-31)27-23-24-29(30(25-27)43(34,40)41)42-28-20-17-16-18-21-28/h12-13,16-18,20-21,23-25H,2-11,14-15,19,22,26H2,1H3,(H2,34,40,41)(H,35,36,38)/b13-12-. The van der Waals surface area contributed by atoms with Gasteiger partial charge in [-0.1, -0.05) is 88.6 Å². The molecule has 1 heterocycles. The Hall–Kier alpha value is -3.50. The molecule has 234 valence electrons. The van der Waals surface area contributed by atoms with Gasteiger partial charge in [-0.25, -0.2) is 13.6 Å².